The molecule has 0 fully saturated rings. The third-order valence-electron chi connectivity index (χ3n) is 3.78. The molecule has 2 heterocycles. The van der Waals surface area contributed by atoms with E-state index in [-0.39, 0.29) is 0 Å². The fourth-order valence-electron chi connectivity index (χ4n) is 2.83. The number of hydrogen-bond acceptors (Lipinski definition) is 3. The Kier molecular flexibility index (Phi) is 4.27. The molecule has 0 spiro atoms. The molecular weight excluding hydrogens is 294 g/mol. The van der Waals surface area contributed by atoms with E-state index in [2.05, 4.69) is 35.8 Å². The standard InChI is InChI=1S/C15H18ClNS2/c1-2-11(14-7-4-8-18-14)17-12-5-3-6-13-10(12)9-15(16)19-13/h4,7-9,11-12,17H,2-3,5-6H2,1H3. The van der Waals surface area contributed by atoms with Crippen molar-refractivity contribution in [1.29, 1.82) is 0 Å². The molecular formula is C15H18ClNS2. The van der Waals surface area contributed by atoms with Crippen LogP contribution in [0.1, 0.15) is 53.6 Å². The lowest BCUT2D eigenvalue weighted by atomic mass is 9.93. The fourth-order valence-corrected chi connectivity index (χ4v) is 5.08. The summed E-state index contributed by atoms with van der Waals surface area (Å²) in [4.78, 5) is 2.92. The van der Waals surface area contributed by atoms with Crippen molar-refractivity contribution in [2.75, 3.05) is 0 Å². The first-order chi connectivity index (χ1) is 9.28. The second-order valence-corrected chi connectivity index (χ2v) is 7.76. The number of aryl methyl sites for hydroxylation is 1. The fraction of sp³-hybridized carbons (Fsp3) is 0.467. The minimum atomic E-state index is 0.467. The van der Waals surface area contributed by atoms with Crippen molar-refractivity contribution in [3.63, 3.8) is 0 Å². The van der Waals surface area contributed by atoms with Crippen LogP contribution in [0.25, 0.3) is 0 Å². The molecule has 102 valence electrons. The van der Waals surface area contributed by atoms with Crippen LogP contribution < -0.4 is 5.32 Å². The molecule has 0 saturated carbocycles. The Morgan fingerprint density at radius 1 is 1.53 bits per heavy atom. The molecule has 19 heavy (non-hydrogen) atoms. The van der Waals surface area contributed by atoms with Gasteiger partial charge in [-0.1, -0.05) is 24.6 Å². The average molecular weight is 312 g/mol. The van der Waals surface area contributed by atoms with E-state index in [0.717, 1.165) is 10.8 Å². The Morgan fingerprint density at radius 3 is 3.16 bits per heavy atom. The zero-order valence-electron chi connectivity index (χ0n) is 11.0. The molecule has 3 rings (SSSR count). The van der Waals surface area contributed by atoms with Crippen molar-refractivity contribution in [2.45, 2.75) is 44.7 Å². The molecule has 0 amide bonds. The molecule has 1 nitrogen and oxygen atoms in total. The van der Waals surface area contributed by atoms with Crippen molar-refractivity contribution >= 4 is 34.3 Å². The topological polar surface area (TPSA) is 12.0 Å². The summed E-state index contributed by atoms with van der Waals surface area (Å²) in [7, 11) is 0. The molecule has 0 aliphatic heterocycles. The van der Waals surface area contributed by atoms with E-state index in [4.69, 9.17) is 11.6 Å². The maximum Gasteiger partial charge on any atom is 0.0934 e. The average Bonchev–Trinajstić information content (AvgIpc) is 3.03. The van der Waals surface area contributed by atoms with Gasteiger partial charge in [0.25, 0.3) is 0 Å². The summed E-state index contributed by atoms with van der Waals surface area (Å²) in [5.41, 5.74) is 1.44. The van der Waals surface area contributed by atoms with E-state index >= 15 is 0 Å². The van der Waals surface area contributed by atoms with Gasteiger partial charge in [-0.3, -0.25) is 0 Å². The van der Waals surface area contributed by atoms with Crippen molar-refractivity contribution in [3.8, 4) is 0 Å². The Labute approximate surface area is 127 Å². The van der Waals surface area contributed by atoms with Gasteiger partial charge in [-0.25, -0.2) is 0 Å². The Bertz CT molecular complexity index is 532. The number of nitrogens with one attached hydrogen (secondary N) is 1. The summed E-state index contributed by atoms with van der Waals surface area (Å²) in [5, 5.41) is 6.00. The molecule has 0 bridgehead atoms. The van der Waals surface area contributed by atoms with E-state index in [1.54, 1.807) is 11.3 Å². The largest absolute Gasteiger partial charge is 0.302 e. The highest BCUT2D eigenvalue weighted by molar-refractivity contribution is 7.16. The van der Waals surface area contributed by atoms with Crippen LogP contribution in [-0.2, 0) is 6.42 Å². The van der Waals surface area contributed by atoms with Gasteiger partial charge < -0.3 is 5.32 Å². The Morgan fingerprint density at radius 2 is 2.42 bits per heavy atom. The number of rotatable bonds is 4. The van der Waals surface area contributed by atoms with Gasteiger partial charge in [0.05, 0.1) is 4.34 Å². The summed E-state index contributed by atoms with van der Waals surface area (Å²) in [6.07, 6.45) is 4.81. The maximum atomic E-state index is 6.18. The maximum absolute atomic E-state index is 6.18. The second-order valence-electron chi connectivity index (χ2n) is 5.02. The van der Waals surface area contributed by atoms with Crippen LogP contribution in [0.2, 0.25) is 4.34 Å². The molecule has 0 radical (unpaired) electrons. The Hall–Kier alpha value is -0.350. The SMILES string of the molecule is CCC(NC1CCCc2sc(Cl)cc21)c1cccs1. The summed E-state index contributed by atoms with van der Waals surface area (Å²) >= 11 is 9.78. The first-order valence-electron chi connectivity index (χ1n) is 6.85. The van der Waals surface area contributed by atoms with E-state index < -0.39 is 0 Å². The molecule has 2 aromatic heterocycles. The lowest BCUT2D eigenvalue weighted by Crippen LogP contribution is -2.27. The van der Waals surface area contributed by atoms with E-state index in [1.807, 2.05) is 11.3 Å². The minimum absolute atomic E-state index is 0.467. The Balaban J connectivity index is 1.80. The summed E-state index contributed by atoms with van der Waals surface area (Å²) in [6, 6.07) is 7.47. The van der Waals surface area contributed by atoms with Crippen molar-refractivity contribution in [1.82, 2.24) is 5.32 Å². The number of halogens is 1. The minimum Gasteiger partial charge on any atom is -0.302 e. The first-order valence-corrected chi connectivity index (χ1v) is 8.93. The lowest BCUT2D eigenvalue weighted by Gasteiger charge is -2.28. The van der Waals surface area contributed by atoms with Crippen LogP contribution in [-0.4, -0.2) is 0 Å². The molecule has 0 saturated heterocycles. The van der Waals surface area contributed by atoms with Crippen LogP contribution in [0.3, 0.4) is 0 Å². The van der Waals surface area contributed by atoms with Crippen molar-refractivity contribution in [2.24, 2.45) is 0 Å². The summed E-state index contributed by atoms with van der Waals surface area (Å²) in [5.74, 6) is 0. The van der Waals surface area contributed by atoms with Gasteiger partial charge in [0.15, 0.2) is 0 Å². The second kappa shape index (κ2) is 5.96. The molecule has 1 N–H and O–H groups in total. The number of fused-ring (bicyclic) bond motifs is 1. The molecule has 2 aromatic rings. The van der Waals surface area contributed by atoms with Crippen LogP contribution in [0.4, 0.5) is 0 Å². The van der Waals surface area contributed by atoms with Crippen LogP contribution in [0, 0.1) is 0 Å². The monoisotopic (exact) mass is 311 g/mol. The van der Waals surface area contributed by atoms with Gasteiger partial charge in [0.1, 0.15) is 0 Å². The van der Waals surface area contributed by atoms with Gasteiger partial charge in [-0.15, -0.1) is 22.7 Å². The highest BCUT2D eigenvalue weighted by Crippen LogP contribution is 2.39. The predicted octanol–water partition coefficient (Wildman–Crippen LogP) is 5.58. The smallest absolute Gasteiger partial charge is 0.0934 e. The van der Waals surface area contributed by atoms with E-state index in [1.165, 1.54) is 34.6 Å². The van der Waals surface area contributed by atoms with E-state index in [0.29, 0.717) is 12.1 Å². The van der Waals surface area contributed by atoms with E-state index in [9.17, 15) is 0 Å². The van der Waals surface area contributed by atoms with Crippen molar-refractivity contribution in [3.05, 3.63) is 43.2 Å². The zero-order chi connectivity index (χ0) is 13.2. The third-order valence-corrected chi connectivity index (χ3v) is 6.11. The highest BCUT2D eigenvalue weighted by Gasteiger charge is 2.25. The van der Waals surface area contributed by atoms with Gasteiger partial charge >= 0.3 is 0 Å². The normalized spacial score (nSPS) is 20.2. The molecule has 2 atom stereocenters. The molecule has 1 aliphatic rings. The van der Waals surface area contributed by atoms with Gasteiger partial charge in [-0.05, 0) is 48.8 Å². The van der Waals surface area contributed by atoms with Crippen molar-refractivity contribution < 1.29 is 0 Å². The van der Waals surface area contributed by atoms with Crippen LogP contribution >= 0.6 is 34.3 Å². The summed E-state index contributed by atoms with van der Waals surface area (Å²) in [6.45, 7) is 2.25. The zero-order valence-corrected chi connectivity index (χ0v) is 13.4. The number of hydrogen-bond donors (Lipinski definition) is 1. The molecule has 0 aromatic carbocycles. The lowest BCUT2D eigenvalue weighted by molar-refractivity contribution is 0.399. The molecule has 1 aliphatic carbocycles. The quantitative estimate of drug-likeness (QED) is 0.777. The van der Waals surface area contributed by atoms with Gasteiger partial charge in [-0.2, -0.15) is 0 Å². The molecule has 2 unspecified atom stereocenters. The third kappa shape index (κ3) is 2.89. The summed E-state index contributed by atoms with van der Waals surface area (Å²) < 4.78 is 0.933. The first kappa shape index (κ1) is 13.6. The van der Waals surface area contributed by atoms with Gasteiger partial charge in [0, 0.05) is 21.8 Å². The van der Waals surface area contributed by atoms with Crippen LogP contribution in [0.15, 0.2) is 23.6 Å². The molecule has 4 heteroatoms. The number of thiophene rings is 2. The predicted molar refractivity (Wildman–Crippen MR) is 85.5 cm³/mol. The highest BCUT2D eigenvalue weighted by atomic mass is 35.5. The van der Waals surface area contributed by atoms with Crippen LogP contribution in [0.5, 0.6) is 0 Å². The van der Waals surface area contributed by atoms with Gasteiger partial charge in [0.2, 0.25) is 0 Å².